The van der Waals surface area contributed by atoms with E-state index >= 15 is 0 Å². The molecule has 0 spiro atoms. The molecule has 27 heavy (non-hydrogen) atoms. The van der Waals surface area contributed by atoms with Gasteiger partial charge in [-0.05, 0) is 18.2 Å². The van der Waals surface area contributed by atoms with Crippen LogP contribution < -0.4 is 25.4 Å². The second-order valence-corrected chi connectivity index (χ2v) is 7.95. The van der Waals surface area contributed by atoms with E-state index in [2.05, 4.69) is 18.4 Å². The molecule has 4 heterocycles. The minimum absolute atomic E-state index is 0.198. The Morgan fingerprint density at radius 2 is 2.15 bits per heavy atom. The van der Waals surface area contributed by atoms with E-state index < -0.39 is 0 Å². The van der Waals surface area contributed by atoms with Gasteiger partial charge >= 0.3 is 0 Å². The van der Waals surface area contributed by atoms with Gasteiger partial charge in [0.2, 0.25) is 6.79 Å². The third-order valence-electron chi connectivity index (χ3n) is 5.01. The van der Waals surface area contributed by atoms with Crippen molar-refractivity contribution in [2.45, 2.75) is 13.0 Å². The van der Waals surface area contributed by atoms with Gasteiger partial charge in [0.15, 0.2) is 11.5 Å². The number of hydrogen-bond acceptors (Lipinski definition) is 6. The van der Waals surface area contributed by atoms with Crippen LogP contribution in [0.25, 0.3) is 10.2 Å². The Balaban J connectivity index is 1.47. The van der Waals surface area contributed by atoms with Crippen molar-refractivity contribution in [1.82, 2.24) is 4.98 Å². The lowest BCUT2D eigenvalue weighted by Gasteiger charge is -2.21. The Morgan fingerprint density at radius 1 is 1.30 bits per heavy atom. The molecule has 138 valence electrons. The number of pyridine rings is 1. The minimum Gasteiger partial charge on any atom is -0.454 e. The van der Waals surface area contributed by atoms with Gasteiger partial charge in [-0.2, -0.15) is 0 Å². The number of nitrogens with two attached hydrogens (primary N) is 1. The lowest BCUT2D eigenvalue weighted by Crippen LogP contribution is -3.08. The predicted octanol–water partition coefficient (Wildman–Crippen LogP) is 1.43. The number of rotatable bonds is 2. The number of benzene rings is 1. The number of carbonyl (C=O) groups excluding carboxylic acids is 1. The van der Waals surface area contributed by atoms with Gasteiger partial charge < -0.3 is 25.4 Å². The summed E-state index contributed by atoms with van der Waals surface area (Å²) in [4.78, 5) is 20.3. The fourth-order valence-corrected chi connectivity index (χ4v) is 4.56. The molecular formula is C19H19N4O3S+. The van der Waals surface area contributed by atoms with Crippen LogP contribution in [0.1, 0.15) is 20.9 Å². The highest BCUT2D eigenvalue weighted by atomic mass is 32.1. The molecule has 1 atom stereocenters. The van der Waals surface area contributed by atoms with Gasteiger partial charge in [-0.25, -0.2) is 4.98 Å². The Hall–Kier alpha value is -2.84. The number of anilines is 2. The van der Waals surface area contributed by atoms with Crippen LogP contribution in [0.15, 0.2) is 24.3 Å². The van der Waals surface area contributed by atoms with Crippen molar-refractivity contribution < 1.29 is 19.2 Å². The summed E-state index contributed by atoms with van der Waals surface area (Å²) < 4.78 is 10.7. The highest BCUT2D eigenvalue weighted by Gasteiger charge is 2.23. The van der Waals surface area contributed by atoms with E-state index in [1.54, 1.807) is 18.2 Å². The van der Waals surface area contributed by atoms with Crippen molar-refractivity contribution in [3.63, 3.8) is 0 Å². The summed E-state index contributed by atoms with van der Waals surface area (Å²) in [5.74, 6) is 1.06. The molecule has 8 heteroatoms. The third-order valence-corrected chi connectivity index (χ3v) is 6.12. The first kappa shape index (κ1) is 16.3. The first-order chi connectivity index (χ1) is 13.1. The zero-order chi connectivity index (χ0) is 18.5. The molecule has 0 saturated carbocycles. The lowest BCUT2D eigenvalue weighted by atomic mass is 10.0. The largest absolute Gasteiger partial charge is 0.454 e. The quantitative estimate of drug-likeness (QED) is 0.623. The number of hydrogen-bond donors (Lipinski definition) is 3. The number of nitrogens with zero attached hydrogens (tertiary/aromatic N) is 1. The maximum atomic E-state index is 12.8. The molecule has 4 N–H and O–H groups in total. The summed E-state index contributed by atoms with van der Waals surface area (Å²) in [5, 5.41) is 3.76. The summed E-state index contributed by atoms with van der Waals surface area (Å²) in [6, 6.07) is 7.41. The fourth-order valence-electron chi connectivity index (χ4n) is 3.56. The van der Waals surface area contributed by atoms with Crippen molar-refractivity contribution in [2.75, 3.05) is 31.4 Å². The number of thiophene rings is 1. The average Bonchev–Trinajstić information content (AvgIpc) is 3.24. The van der Waals surface area contributed by atoms with Gasteiger partial charge in [0, 0.05) is 29.1 Å². The zero-order valence-electron chi connectivity index (χ0n) is 14.8. The molecule has 1 aromatic carbocycles. The maximum Gasteiger partial charge on any atom is 0.267 e. The topological polar surface area (TPSA) is 90.9 Å². The molecule has 2 aliphatic rings. The monoisotopic (exact) mass is 383 g/mol. The van der Waals surface area contributed by atoms with Crippen LogP contribution in [0.5, 0.6) is 11.5 Å². The molecular weight excluding hydrogens is 364 g/mol. The Labute approximate surface area is 159 Å². The molecule has 2 aromatic heterocycles. The second-order valence-electron chi connectivity index (χ2n) is 6.95. The normalized spacial score (nSPS) is 17.7. The number of nitrogen functional groups attached to an aromatic ring is 1. The number of likely N-dealkylation sites (N-methyl/N-ethyl adjacent to an activating group) is 1. The van der Waals surface area contributed by atoms with E-state index in [-0.39, 0.29) is 12.7 Å². The number of nitrogens with one attached hydrogen (secondary N) is 2. The molecule has 3 aromatic rings. The molecule has 0 saturated heterocycles. The number of carbonyl (C=O) groups is 1. The number of ether oxygens (including phenoxy) is 2. The molecule has 0 fully saturated rings. The van der Waals surface area contributed by atoms with Gasteiger partial charge in [0.05, 0.1) is 25.0 Å². The van der Waals surface area contributed by atoms with Gasteiger partial charge in [-0.1, -0.05) is 0 Å². The number of quaternary nitrogens is 1. The van der Waals surface area contributed by atoms with Crippen LogP contribution >= 0.6 is 11.3 Å². The fraction of sp³-hybridized carbons (Fsp3) is 0.263. The lowest BCUT2D eigenvalue weighted by molar-refractivity contribution is -0.895. The van der Waals surface area contributed by atoms with Crippen molar-refractivity contribution >= 4 is 38.8 Å². The molecule has 0 radical (unpaired) electrons. The van der Waals surface area contributed by atoms with Crippen molar-refractivity contribution in [2.24, 2.45) is 0 Å². The van der Waals surface area contributed by atoms with Crippen LogP contribution in [0.3, 0.4) is 0 Å². The summed E-state index contributed by atoms with van der Waals surface area (Å²) in [7, 11) is 2.17. The molecule has 5 rings (SSSR count). The Kier molecular flexibility index (Phi) is 3.70. The summed E-state index contributed by atoms with van der Waals surface area (Å²) in [6.07, 6.45) is 0.952. The molecule has 1 amide bonds. The van der Waals surface area contributed by atoms with Crippen molar-refractivity contribution in [3.05, 3.63) is 40.4 Å². The predicted molar refractivity (Wildman–Crippen MR) is 104 cm³/mol. The minimum atomic E-state index is -0.241. The third kappa shape index (κ3) is 2.77. The van der Waals surface area contributed by atoms with E-state index in [4.69, 9.17) is 20.2 Å². The highest BCUT2D eigenvalue weighted by Crippen LogP contribution is 2.36. The van der Waals surface area contributed by atoms with E-state index in [1.807, 2.05) is 0 Å². The number of aromatic nitrogens is 1. The SMILES string of the molecule is C[NH+]1CCc2nc3sc(C(=O)Nc4ccc5c(c4)OCO5)c(N)c3cc2C1. The summed E-state index contributed by atoms with van der Waals surface area (Å²) in [5.41, 5.74) is 9.78. The molecule has 7 nitrogen and oxygen atoms in total. The Bertz CT molecular complexity index is 1080. The maximum absolute atomic E-state index is 12.8. The van der Waals surface area contributed by atoms with Gasteiger partial charge in [0.25, 0.3) is 5.91 Å². The van der Waals surface area contributed by atoms with E-state index in [0.717, 1.165) is 35.4 Å². The van der Waals surface area contributed by atoms with E-state index in [1.165, 1.54) is 21.8 Å². The smallest absolute Gasteiger partial charge is 0.267 e. The van der Waals surface area contributed by atoms with Crippen LogP contribution in [-0.2, 0) is 13.0 Å². The van der Waals surface area contributed by atoms with Crippen LogP contribution in [0, 0.1) is 0 Å². The Morgan fingerprint density at radius 3 is 3.04 bits per heavy atom. The van der Waals surface area contributed by atoms with Gasteiger partial charge in [0.1, 0.15) is 16.3 Å². The van der Waals surface area contributed by atoms with Crippen LogP contribution in [0.2, 0.25) is 0 Å². The van der Waals surface area contributed by atoms with Crippen molar-refractivity contribution in [3.8, 4) is 11.5 Å². The first-order valence-corrected chi connectivity index (χ1v) is 9.63. The first-order valence-electron chi connectivity index (χ1n) is 8.81. The zero-order valence-corrected chi connectivity index (χ0v) is 15.6. The average molecular weight is 383 g/mol. The van der Waals surface area contributed by atoms with Gasteiger partial charge in [-0.3, -0.25) is 4.79 Å². The summed E-state index contributed by atoms with van der Waals surface area (Å²) in [6.45, 7) is 2.21. The summed E-state index contributed by atoms with van der Waals surface area (Å²) >= 11 is 1.34. The number of fused-ring (bicyclic) bond motifs is 3. The van der Waals surface area contributed by atoms with Gasteiger partial charge in [-0.15, -0.1) is 11.3 Å². The number of amides is 1. The molecule has 0 aliphatic carbocycles. The molecule has 2 aliphatic heterocycles. The van der Waals surface area contributed by atoms with Crippen molar-refractivity contribution in [1.29, 1.82) is 0 Å². The molecule has 0 bridgehead atoms. The second kappa shape index (κ2) is 6.11. The van der Waals surface area contributed by atoms with E-state index in [0.29, 0.717) is 27.8 Å². The standard InChI is InChI=1S/C19H18N4O3S/c1-23-5-4-13-10(8-23)6-12-16(20)17(27-19(12)22-13)18(24)21-11-2-3-14-15(7-11)26-9-25-14/h2-3,6-7H,4-5,8-9,20H2,1H3,(H,21,24)/p+1. The van der Waals surface area contributed by atoms with E-state index in [9.17, 15) is 4.79 Å². The highest BCUT2D eigenvalue weighted by molar-refractivity contribution is 7.21. The van der Waals surface area contributed by atoms with Crippen LogP contribution in [-0.4, -0.2) is 31.3 Å². The molecule has 1 unspecified atom stereocenters. The van der Waals surface area contributed by atoms with Crippen LogP contribution in [0.4, 0.5) is 11.4 Å².